The molecule has 1 rings (SSSR count). The van der Waals surface area contributed by atoms with Gasteiger partial charge < -0.3 is 10.5 Å². The Bertz CT molecular complexity index is 496. The van der Waals surface area contributed by atoms with Gasteiger partial charge in [0.25, 0.3) is 0 Å². The highest BCUT2D eigenvalue weighted by molar-refractivity contribution is 5.92. The largest absolute Gasteiger partial charge is 0.494 e. The van der Waals surface area contributed by atoms with Crippen LogP contribution < -0.4 is 10.5 Å². The molecular formula is C25H43NO2. The summed E-state index contributed by atoms with van der Waals surface area (Å²) in [6.07, 6.45) is 19.1. The number of rotatable bonds is 18. The number of ether oxygens (including phenoxy) is 1. The lowest BCUT2D eigenvalue weighted by Gasteiger charge is -2.07. The number of amides is 1. The van der Waals surface area contributed by atoms with Crippen LogP contribution >= 0.6 is 0 Å². The number of primary amides is 1. The van der Waals surface area contributed by atoms with Gasteiger partial charge in [0.05, 0.1) is 6.61 Å². The van der Waals surface area contributed by atoms with E-state index in [4.69, 9.17) is 10.5 Å². The first kappa shape index (κ1) is 24.5. The van der Waals surface area contributed by atoms with Crippen LogP contribution in [-0.2, 0) is 0 Å². The van der Waals surface area contributed by atoms with E-state index >= 15 is 0 Å². The summed E-state index contributed by atoms with van der Waals surface area (Å²) in [4.78, 5) is 11.0. The summed E-state index contributed by atoms with van der Waals surface area (Å²) in [6, 6.07) is 7.05. The van der Waals surface area contributed by atoms with Crippen LogP contribution in [0.15, 0.2) is 24.3 Å². The third-order valence-corrected chi connectivity index (χ3v) is 5.33. The molecule has 0 bridgehead atoms. The zero-order valence-electron chi connectivity index (χ0n) is 18.4. The molecule has 0 saturated carbocycles. The van der Waals surface area contributed by atoms with Crippen molar-refractivity contribution >= 4 is 5.91 Å². The second-order valence-corrected chi connectivity index (χ2v) is 8.52. The highest BCUT2D eigenvalue weighted by Crippen LogP contribution is 2.15. The summed E-state index contributed by atoms with van der Waals surface area (Å²) in [5.41, 5.74) is 5.75. The smallest absolute Gasteiger partial charge is 0.248 e. The van der Waals surface area contributed by atoms with E-state index < -0.39 is 5.91 Å². The Labute approximate surface area is 173 Å². The molecule has 1 aromatic rings. The average Bonchev–Trinajstić information content (AvgIpc) is 2.67. The number of unbranched alkanes of at least 4 members (excludes halogenated alkanes) is 12. The topological polar surface area (TPSA) is 52.3 Å². The number of hydrogen-bond donors (Lipinski definition) is 1. The van der Waals surface area contributed by atoms with Gasteiger partial charge >= 0.3 is 0 Å². The zero-order valence-corrected chi connectivity index (χ0v) is 18.4. The molecule has 0 aliphatic heterocycles. The number of nitrogens with two attached hydrogens (primary N) is 1. The van der Waals surface area contributed by atoms with Crippen molar-refractivity contribution in [3.8, 4) is 5.75 Å². The van der Waals surface area contributed by atoms with E-state index in [0.717, 1.165) is 24.7 Å². The minimum Gasteiger partial charge on any atom is -0.494 e. The highest BCUT2D eigenvalue weighted by Gasteiger charge is 2.00. The van der Waals surface area contributed by atoms with Gasteiger partial charge in [0.1, 0.15) is 5.75 Å². The quantitative estimate of drug-likeness (QED) is 0.268. The van der Waals surface area contributed by atoms with Gasteiger partial charge in [0.2, 0.25) is 5.91 Å². The highest BCUT2D eigenvalue weighted by atomic mass is 16.5. The fourth-order valence-electron chi connectivity index (χ4n) is 3.50. The van der Waals surface area contributed by atoms with Crippen molar-refractivity contribution in [2.45, 2.75) is 104 Å². The second-order valence-electron chi connectivity index (χ2n) is 8.52. The molecule has 0 atom stereocenters. The Morgan fingerprint density at radius 3 is 1.61 bits per heavy atom. The van der Waals surface area contributed by atoms with E-state index in [1.807, 2.05) is 12.1 Å². The average molecular weight is 390 g/mol. The molecule has 0 aliphatic rings. The third-order valence-electron chi connectivity index (χ3n) is 5.33. The molecule has 0 aliphatic carbocycles. The summed E-state index contributed by atoms with van der Waals surface area (Å²) in [6.45, 7) is 5.39. The van der Waals surface area contributed by atoms with Gasteiger partial charge in [-0.15, -0.1) is 0 Å². The van der Waals surface area contributed by atoms with E-state index in [1.165, 1.54) is 83.5 Å². The molecule has 0 radical (unpaired) electrons. The maximum atomic E-state index is 11.0. The van der Waals surface area contributed by atoms with Crippen LogP contribution in [0, 0.1) is 5.92 Å². The van der Waals surface area contributed by atoms with Crippen LogP contribution in [0.3, 0.4) is 0 Å². The van der Waals surface area contributed by atoms with Crippen molar-refractivity contribution < 1.29 is 9.53 Å². The first-order chi connectivity index (χ1) is 13.6. The van der Waals surface area contributed by atoms with Crippen molar-refractivity contribution in [2.75, 3.05) is 6.61 Å². The number of carbonyl (C=O) groups is 1. The van der Waals surface area contributed by atoms with E-state index in [2.05, 4.69) is 13.8 Å². The standard InChI is InChI=1S/C25H43NO2/c1-22(2)16-14-12-10-8-6-4-3-5-7-9-11-13-15-21-28-24-19-17-23(18-20-24)25(26)27/h17-20,22H,3-16,21H2,1-2H3,(H2,26,27). The minimum absolute atomic E-state index is 0.399. The Morgan fingerprint density at radius 2 is 1.18 bits per heavy atom. The van der Waals surface area contributed by atoms with Crippen LogP contribution in [0.4, 0.5) is 0 Å². The van der Waals surface area contributed by atoms with Crippen LogP contribution in [0.2, 0.25) is 0 Å². The maximum absolute atomic E-state index is 11.0. The van der Waals surface area contributed by atoms with Crippen molar-refractivity contribution in [3.05, 3.63) is 29.8 Å². The van der Waals surface area contributed by atoms with Gasteiger partial charge in [0.15, 0.2) is 0 Å². The molecule has 1 aromatic carbocycles. The lowest BCUT2D eigenvalue weighted by Crippen LogP contribution is -2.10. The number of hydrogen-bond acceptors (Lipinski definition) is 2. The van der Waals surface area contributed by atoms with Crippen LogP contribution in [0.5, 0.6) is 5.75 Å². The second kappa shape index (κ2) is 16.4. The monoisotopic (exact) mass is 389 g/mol. The molecule has 160 valence electrons. The first-order valence-corrected chi connectivity index (χ1v) is 11.6. The molecule has 2 N–H and O–H groups in total. The molecule has 28 heavy (non-hydrogen) atoms. The van der Waals surface area contributed by atoms with Gasteiger partial charge in [-0.3, -0.25) is 4.79 Å². The third kappa shape index (κ3) is 13.6. The first-order valence-electron chi connectivity index (χ1n) is 11.6. The Morgan fingerprint density at radius 1 is 0.750 bits per heavy atom. The van der Waals surface area contributed by atoms with Gasteiger partial charge in [-0.2, -0.15) is 0 Å². The van der Waals surface area contributed by atoms with Gasteiger partial charge in [-0.1, -0.05) is 97.3 Å². The molecule has 3 heteroatoms. The normalized spacial score (nSPS) is 11.1. The summed E-state index contributed by atoms with van der Waals surface area (Å²) in [7, 11) is 0. The molecule has 0 saturated heterocycles. The predicted octanol–water partition coefficient (Wildman–Crippen LogP) is 7.28. The van der Waals surface area contributed by atoms with Crippen LogP contribution in [0.1, 0.15) is 114 Å². The molecule has 3 nitrogen and oxygen atoms in total. The maximum Gasteiger partial charge on any atom is 0.248 e. The van der Waals surface area contributed by atoms with Gasteiger partial charge in [-0.25, -0.2) is 0 Å². The summed E-state index contributed by atoms with van der Waals surface area (Å²) in [5, 5.41) is 0. The fourth-order valence-corrected chi connectivity index (χ4v) is 3.50. The Hall–Kier alpha value is -1.51. The zero-order chi connectivity index (χ0) is 20.5. The SMILES string of the molecule is CC(C)CCCCCCCCCCCCCCCOc1ccc(C(N)=O)cc1. The summed E-state index contributed by atoms with van der Waals surface area (Å²) in [5.74, 6) is 1.28. The predicted molar refractivity (Wildman–Crippen MR) is 120 cm³/mol. The molecule has 0 aromatic heterocycles. The van der Waals surface area contributed by atoms with Crippen molar-refractivity contribution in [1.29, 1.82) is 0 Å². The Kier molecular flexibility index (Phi) is 14.4. The molecule has 0 unspecified atom stereocenters. The fraction of sp³-hybridized carbons (Fsp3) is 0.720. The molecule has 1 amide bonds. The minimum atomic E-state index is -0.399. The number of carbonyl (C=O) groups excluding carboxylic acids is 1. The van der Waals surface area contributed by atoms with Crippen molar-refractivity contribution in [3.63, 3.8) is 0 Å². The van der Waals surface area contributed by atoms with Crippen molar-refractivity contribution in [2.24, 2.45) is 11.7 Å². The van der Waals surface area contributed by atoms with E-state index in [9.17, 15) is 4.79 Å². The lowest BCUT2D eigenvalue weighted by atomic mass is 10.0. The summed E-state index contributed by atoms with van der Waals surface area (Å²) >= 11 is 0. The Balaban J connectivity index is 1.80. The lowest BCUT2D eigenvalue weighted by molar-refractivity contribution is 0.1000. The molecule has 0 spiro atoms. The van der Waals surface area contributed by atoms with E-state index in [-0.39, 0.29) is 0 Å². The molecule has 0 heterocycles. The van der Waals surface area contributed by atoms with E-state index in [0.29, 0.717) is 5.56 Å². The van der Waals surface area contributed by atoms with Gasteiger partial charge in [0, 0.05) is 5.56 Å². The van der Waals surface area contributed by atoms with Gasteiger partial charge in [-0.05, 0) is 36.6 Å². The van der Waals surface area contributed by atoms with Crippen molar-refractivity contribution in [1.82, 2.24) is 0 Å². The van der Waals surface area contributed by atoms with Crippen LogP contribution in [0.25, 0.3) is 0 Å². The molecular weight excluding hydrogens is 346 g/mol. The molecule has 0 fully saturated rings. The van der Waals surface area contributed by atoms with Crippen LogP contribution in [-0.4, -0.2) is 12.5 Å². The number of benzene rings is 1. The van der Waals surface area contributed by atoms with E-state index in [1.54, 1.807) is 12.1 Å². The summed E-state index contributed by atoms with van der Waals surface area (Å²) < 4.78 is 5.71.